The van der Waals surface area contributed by atoms with Crippen LogP contribution in [0.4, 0.5) is 8.78 Å². The van der Waals surface area contributed by atoms with Crippen molar-refractivity contribution >= 4 is 11.8 Å². The molecule has 1 aromatic carbocycles. The van der Waals surface area contributed by atoms with Crippen molar-refractivity contribution in [3.63, 3.8) is 0 Å². The predicted molar refractivity (Wildman–Crippen MR) is 82.2 cm³/mol. The van der Waals surface area contributed by atoms with Crippen LogP contribution in [0.5, 0.6) is 0 Å². The third kappa shape index (κ3) is 3.73. The Morgan fingerprint density at radius 3 is 2.60 bits per heavy atom. The van der Waals surface area contributed by atoms with Gasteiger partial charge in [0, 0.05) is 22.6 Å². The van der Waals surface area contributed by atoms with Crippen LogP contribution in [0.15, 0.2) is 12.1 Å². The number of hydrogen-bond donors (Lipinski definition) is 1. The Morgan fingerprint density at radius 2 is 1.95 bits per heavy atom. The lowest BCUT2D eigenvalue weighted by Crippen LogP contribution is -2.23. The minimum atomic E-state index is -0.448. The van der Waals surface area contributed by atoms with E-state index in [0.717, 1.165) is 5.75 Å². The Kier molecular flexibility index (Phi) is 5.85. The van der Waals surface area contributed by atoms with Gasteiger partial charge in [-0.3, -0.25) is 0 Å². The van der Waals surface area contributed by atoms with Crippen LogP contribution in [-0.2, 0) is 0 Å². The van der Waals surface area contributed by atoms with Gasteiger partial charge in [-0.2, -0.15) is 11.8 Å². The zero-order valence-corrected chi connectivity index (χ0v) is 13.0. The lowest BCUT2D eigenvalue weighted by molar-refractivity contribution is 0.502. The van der Waals surface area contributed by atoms with Gasteiger partial charge in [-0.15, -0.1) is 0 Å². The first-order chi connectivity index (χ1) is 9.63. The molecular weight excluding hydrogens is 276 g/mol. The van der Waals surface area contributed by atoms with E-state index in [1.165, 1.54) is 44.2 Å². The fraction of sp³-hybridized carbons (Fsp3) is 0.625. The topological polar surface area (TPSA) is 12.0 Å². The van der Waals surface area contributed by atoms with Crippen LogP contribution in [0.3, 0.4) is 0 Å². The van der Waals surface area contributed by atoms with Gasteiger partial charge in [-0.25, -0.2) is 8.78 Å². The fourth-order valence-corrected chi connectivity index (χ4v) is 4.24. The van der Waals surface area contributed by atoms with Crippen molar-refractivity contribution in [3.05, 3.63) is 34.9 Å². The Hall–Kier alpha value is -0.610. The lowest BCUT2D eigenvalue weighted by Gasteiger charge is -2.24. The van der Waals surface area contributed by atoms with Gasteiger partial charge in [0.25, 0.3) is 0 Å². The summed E-state index contributed by atoms with van der Waals surface area (Å²) in [5, 5.41) is 3.71. The molecule has 112 valence electrons. The van der Waals surface area contributed by atoms with Crippen molar-refractivity contribution in [3.8, 4) is 0 Å². The van der Waals surface area contributed by atoms with Crippen LogP contribution in [0, 0.1) is 18.6 Å². The van der Waals surface area contributed by atoms with Crippen molar-refractivity contribution in [1.29, 1.82) is 0 Å². The van der Waals surface area contributed by atoms with E-state index in [0.29, 0.717) is 10.8 Å². The van der Waals surface area contributed by atoms with Crippen LogP contribution in [0.25, 0.3) is 0 Å². The SMILES string of the molecule is CNC(CSC1CCCCC1)c1c(F)ccc(C)c1F. The summed E-state index contributed by atoms with van der Waals surface area (Å²) in [5.74, 6) is -0.136. The first kappa shape index (κ1) is 15.8. The van der Waals surface area contributed by atoms with Crippen LogP contribution < -0.4 is 5.32 Å². The van der Waals surface area contributed by atoms with E-state index in [1.807, 2.05) is 11.8 Å². The monoisotopic (exact) mass is 299 g/mol. The maximum atomic E-state index is 14.2. The molecule has 0 heterocycles. The van der Waals surface area contributed by atoms with Crippen LogP contribution in [0.2, 0.25) is 0 Å². The van der Waals surface area contributed by atoms with Crippen molar-refractivity contribution in [1.82, 2.24) is 5.32 Å². The molecule has 0 amide bonds. The minimum absolute atomic E-state index is 0.191. The van der Waals surface area contributed by atoms with Gasteiger partial charge in [0.15, 0.2) is 0 Å². The number of halogens is 2. The molecule has 2 rings (SSSR count). The number of aryl methyl sites for hydroxylation is 1. The van der Waals surface area contributed by atoms with Gasteiger partial charge in [0.2, 0.25) is 0 Å². The molecule has 4 heteroatoms. The minimum Gasteiger partial charge on any atom is -0.312 e. The maximum absolute atomic E-state index is 14.2. The number of hydrogen-bond acceptors (Lipinski definition) is 2. The Bertz CT molecular complexity index is 444. The first-order valence-electron chi connectivity index (χ1n) is 7.37. The van der Waals surface area contributed by atoms with Gasteiger partial charge in [0.05, 0.1) is 0 Å². The molecule has 1 aliphatic rings. The normalized spacial score (nSPS) is 18.2. The Morgan fingerprint density at radius 1 is 1.25 bits per heavy atom. The second-order valence-corrected chi connectivity index (χ2v) is 6.86. The van der Waals surface area contributed by atoms with Gasteiger partial charge < -0.3 is 5.32 Å². The smallest absolute Gasteiger partial charge is 0.133 e. The average Bonchev–Trinajstić information content (AvgIpc) is 2.47. The highest BCUT2D eigenvalue weighted by Crippen LogP contribution is 2.32. The predicted octanol–water partition coefficient (Wildman–Crippen LogP) is 4.60. The molecule has 1 aliphatic carbocycles. The average molecular weight is 299 g/mol. The van der Waals surface area contributed by atoms with E-state index in [-0.39, 0.29) is 11.6 Å². The van der Waals surface area contributed by atoms with Crippen molar-refractivity contribution in [2.24, 2.45) is 0 Å². The van der Waals surface area contributed by atoms with Crippen LogP contribution in [-0.4, -0.2) is 18.1 Å². The second-order valence-electron chi connectivity index (χ2n) is 5.53. The van der Waals surface area contributed by atoms with Crippen molar-refractivity contribution < 1.29 is 8.78 Å². The highest BCUT2D eigenvalue weighted by Gasteiger charge is 2.22. The zero-order valence-electron chi connectivity index (χ0n) is 12.2. The van der Waals surface area contributed by atoms with E-state index in [9.17, 15) is 8.78 Å². The van der Waals surface area contributed by atoms with Gasteiger partial charge in [0.1, 0.15) is 11.6 Å². The zero-order chi connectivity index (χ0) is 14.5. The molecule has 0 spiro atoms. The van der Waals surface area contributed by atoms with Crippen molar-refractivity contribution in [2.75, 3.05) is 12.8 Å². The van der Waals surface area contributed by atoms with E-state index < -0.39 is 11.6 Å². The summed E-state index contributed by atoms with van der Waals surface area (Å²) in [7, 11) is 1.77. The number of nitrogens with one attached hydrogen (secondary N) is 1. The van der Waals surface area contributed by atoms with Crippen LogP contribution in [0.1, 0.15) is 49.3 Å². The summed E-state index contributed by atoms with van der Waals surface area (Å²) < 4.78 is 28.1. The van der Waals surface area contributed by atoms with E-state index in [2.05, 4.69) is 5.32 Å². The van der Waals surface area contributed by atoms with Gasteiger partial charge >= 0.3 is 0 Å². The molecule has 1 fully saturated rings. The van der Waals surface area contributed by atoms with Gasteiger partial charge in [-0.1, -0.05) is 25.3 Å². The molecule has 1 nitrogen and oxygen atoms in total. The number of thioether (sulfide) groups is 1. The third-order valence-corrected chi connectivity index (χ3v) is 5.54. The third-order valence-electron chi connectivity index (χ3n) is 4.07. The van der Waals surface area contributed by atoms with E-state index >= 15 is 0 Å². The largest absolute Gasteiger partial charge is 0.312 e. The summed E-state index contributed by atoms with van der Waals surface area (Å²) in [6.45, 7) is 1.68. The van der Waals surface area contributed by atoms with Crippen LogP contribution >= 0.6 is 11.8 Å². The Labute approximate surface area is 124 Å². The number of rotatable bonds is 5. The van der Waals surface area contributed by atoms with E-state index in [1.54, 1.807) is 14.0 Å². The quantitative estimate of drug-likeness (QED) is 0.853. The highest BCUT2D eigenvalue weighted by atomic mass is 32.2. The molecule has 1 saturated carbocycles. The molecule has 1 atom stereocenters. The standard InChI is InChI=1S/C16H23F2NS/c1-11-8-9-13(17)15(16(11)18)14(19-2)10-20-12-6-4-3-5-7-12/h8-9,12,14,19H,3-7,10H2,1-2H3. The maximum Gasteiger partial charge on any atom is 0.133 e. The molecule has 1 aromatic rings. The molecule has 0 aliphatic heterocycles. The number of benzene rings is 1. The summed E-state index contributed by atoms with van der Waals surface area (Å²) in [5.41, 5.74) is 0.695. The van der Waals surface area contributed by atoms with E-state index in [4.69, 9.17) is 0 Å². The molecule has 0 saturated heterocycles. The molecule has 0 aromatic heterocycles. The molecule has 1 unspecified atom stereocenters. The molecule has 20 heavy (non-hydrogen) atoms. The Balaban J connectivity index is 2.06. The lowest BCUT2D eigenvalue weighted by atomic mass is 10.0. The molecule has 0 bridgehead atoms. The second kappa shape index (κ2) is 7.41. The molecule has 1 N–H and O–H groups in total. The fourth-order valence-electron chi connectivity index (χ4n) is 2.77. The highest BCUT2D eigenvalue weighted by molar-refractivity contribution is 7.99. The van der Waals surface area contributed by atoms with Crippen molar-refractivity contribution in [2.45, 2.75) is 50.3 Å². The molecular formula is C16H23F2NS. The molecule has 0 radical (unpaired) electrons. The summed E-state index contributed by atoms with van der Waals surface area (Å²) >= 11 is 1.85. The summed E-state index contributed by atoms with van der Waals surface area (Å²) in [4.78, 5) is 0. The summed E-state index contributed by atoms with van der Waals surface area (Å²) in [6, 6.07) is 2.60. The summed E-state index contributed by atoms with van der Waals surface area (Å²) in [6.07, 6.45) is 6.37. The van der Waals surface area contributed by atoms with Gasteiger partial charge in [-0.05, 0) is 38.4 Å². The first-order valence-corrected chi connectivity index (χ1v) is 8.41.